The van der Waals surface area contributed by atoms with Crippen molar-refractivity contribution in [3.63, 3.8) is 0 Å². The number of morpholine rings is 1. The van der Waals surface area contributed by atoms with Crippen LogP contribution < -0.4 is 5.32 Å². The maximum absolute atomic E-state index is 12.2. The lowest BCUT2D eigenvalue weighted by Crippen LogP contribution is -2.50. The molecule has 3 aliphatic heterocycles. The molecule has 1 aromatic carbocycles. The monoisotopic (exact) mass is 441 g/mol. The Kier molecular flexibility index (Phi) is 8.40. The van der Waals surface area contributed by atoms with Gasteiger partial charge in [-0.15, -0.1) is 0 Å². The zero-order chi connectivity index (χ0) is 22.2. The molecule has 32 heavy (non-hydrogen) atoms. The van der Waals surface area contributed by atoms with E-state index < -0.39 is 0 Å². The molecule has 3 fully saturated rings. The molecule has 3 aliphatic rings. The van der Waals surface area contributed by atoms with Gasteiger partial charge in [-0.25, -0.2) is 0 Å². The van der Waals surface area contributed by atoms with E-state index in [9.17, 15) is 4.79 Å². The summed E-state index contributed by atoms with van der Waals surface area (Å²) >= 11 is 0. The predicted molar refractivity (Wildman–Crippen MR) is 128 cm³/mol. The van der Waals surface area contributed by atoms with Crippen molar-refractivity contribution >= 4 is 11.9 Å². The van der Waals surface area contributed by atoms with E-state index in [2.05, 4.69) is 52.4 Å². The van der Waals surface area contributed by atoms with Crippen molar-refractivity contribution in [2.75, 3.05) is 52.4 Å². The predicted octanol–water partition coefficient (Wildman–Crippen LogP) is 2.33. The van der Waals surface area contributed by atoms with Crippen LogP contribution in [0.3, 0.4) is 0 Å². The van der Waals surface area contributed by atoms with Gasteiger partial charge >= 0.3 is 0 Å². The molecule has 3 saturated heterocycles. The van der Waals surface area contributed by atoms with Gasteiger partial charge in [-0.1, -0.05) is 36.8 Å². The zero-order valence-electron chi connectivity index (χ0n) is 19.5. The second-order valence-electron chi connectivity index (χ2n) is 9.12. The number of carbonyl (C=O) groups excluding carboxylic acids is 1. The molecule has 0 spiro atoms. The van der Waals surface area contributed by atoms with E-state index in [1.165, 1.54) is 12.0 Å². The normalized spacial score (nSPS) is 25.0. The third-order valence-electron chi connectivity index (χ3n) is 6.80. The number of nitrogens with one attached hydrogen (secondary N) is 1. The van der Waals surface area contributed by atoms with Crippen LogP contribution >= 0.6 is 0 Å². The Labute approximate surface area is 192 Å². The van der Waals surface area contributed by atoms with Crippen LogP contribution in [0.4, 0.5) is 0 Å². The number of amides is 1. The molecule has 0 aliphatic carbocycles. The second-order valence-corrected chi connectivity index (χ2v) is 9.12. The number of carbonyl (C=O) groups is 1. The van der Waals surface area contributed by atoms with Gasteiger partial charge in [0.15, 0.2) is 5.96 Å². The molecule has 0 aromatic heterocycles. The quantitative estimate of drug-likeness (QED) is 0.400. The summed E-state index contributed by atoms with van der Waals surface area (Å²) in [6.45, 7) is 9.99. The first-order valence-corrected chi connectivity index (χ1v) is 12.4. The molecule has 1 N–H and O–H groups in total. The lowest BCUT2D eigenvalue weighted by Gasteiger charge is -2.36. The fourth-order valence-electron chi connectivity index (χ4n) is 5.09. The Morgan fingerprint density at radius 3 is 2.88 bits per heavy atom. The standard InChI is InChI=1S/C25H39N5O2/c1-2-26-25(27-13-9-15-28-14-8-4-7-12-24(28)31)30-19-22-23(20-30)32-17-16-29(22)18-21-10-5-3-6-11-21/h3,5-6,10-11,22-23H,2,4,7-9,12-20H2,1H3,(H,26,27). The summed E-state index contributed by atoms with van der Waals surface area (Å²) in [4.78, 5) is 24.1. The molecule has 7 heteroatoms. The highest BCUT2D eigenvalue weighted by Gasteiger charge is 2.41. The second kappa shape index (κ2) is 11.7. The lowest BCUT2D eigenvalue weighted by molar-refractivity contribution is -0.130. The summed E-state index contributed by atoms with van der Waals surface area (Å²) in [6, 6.07) is 11.1. The number of benzene rings is 1. The first kappa shape index (κ1) is 23.1. The highest BCUT2D eigenvalue weighted by atomic mass is 16.5. The Hall–Kier alpha value is -2.12. The summed E-state index contributed by atoms with van der Waals surface area (Å²) in [7, 11) is 0. The van der Waals surface area contributed by atoms with E-state index in [0.29, 0.717) is 18.4 Å². The molecule has 4 rings (SSSR count). The highest BCUT2D eigenvalue weighted by Crippen LogP contribution is 2.24. The molecule has 2 atom stereocenters. The van der Waals surface area contributed by atoms with E-state index in [-0.39, 0.29) is 6.10 Å². The summed E-state index contributed by atoms with van der Waals surface area (Å²) in [6.07, 6.45) is 5.20. The van der Waals surface area contributed by atoms with Crippen LogP contribution in [0, 0.1) is 0 Å². The van der Waals surface area contributed by atoms with Crippen molar-refractivity contribution in [1.29, 1.82) is 0 Å². The van der Waals surface area contributed by atoms with Gasteiger partial charge < -0.3 is 19.9 Å². The van der Waals surface area contributed by atoms with Gasteiger partial charge in [0.05, 0.1) is 18.8 Å². The summed E-state index contributed by atoms with van der Waals surface area (Å²) in [5.41, 5.74) is 1.36. The van der Waals surface area contributed by atoms with Crippen molar-refractivity contribution in [2.45, 2.75) is 57.7 Å². The van der Waals surface area contributed by atoms with Crippen molar-refractivity contribution in [2.24, 2.45) is 4.99 Å². The van der Waals surface area contributed by atoms with E-state index in [1.807, 2.05) is 4.90 Å². The largest absolute Gasteiger partial charge is 0.373 e. The smallest absolute Gasteiger partial charge is 0.222 e. The third-order valence-corrected chi connectivity index (χ3v) is 6.80. The van der Waals surface area contributed by atoms with Crippen molar-refractivity contribution in [3.8, 4) is 0 Å². The van der Waals surface area contributed by atoms with Crippen LogP contribution in [0.1, 0.15) is 44.6 Å². The maximum atomic E-state index is 12.2. The zero-order valence-corrected chi connectivity index (χ0v) is 19.5. The van der Waals surface area contributed by atoms with E-state index in [4.69, 9.17) is 9.73 Å². The number of guanidine groups is 1. The topological polar surface area (TPSA) is 60.4 Å². The van der Waals surface area contributed by atoms with Crippen LogP contribution in [0.2, 0.25) is 0 Å². The Balaban J connectivity index is 1.32. The number of fused-ring (bicyclic) bond motifs is 1. The van der Waals surface area contributed by atoms with Gasteiger partial charge in [0.1, 0.15) is 0 Å². The minimum Gasteiger partial charge on any atom is -0.373 e. The maximum Gasteiger partial charge on any atom is 0.222 e. The molecule has 0 saturated carbocycles. The van der Waals surface area contributed by atoms with Gasteiger partial charge in [-0.3, -0.25) is 14.7 Å². The van der Waals surface area contributed by atoms with Crippen LogP contribution in [0.15, 0.2) is 35.3 Å². The molecule has 7 nitrogen and oxygen atoms in total. The molecule has 1 aromatic rings. The fourth-order valence-corrected chi connectivity index (χ4v) is 5.09. The van der Waals surface area contributed by atoms with Gasteiger partial charge in [0.25, 0.3) is 0 Å². The minimum absolute atomic E-state index is 0.228. The van der Waals surface area contributed by atoms with E-state index in [0.717, 1.165) is 84.2 Å². The van der Waals surface area contributed by atoms with E-state index >= 15 is 0 Å². The number of hydrogen-bond acceptors (Lipinski definition) is 4. The Morgan fingerprint density at radius 2 is 2.03 bits per heavy atom. The molecule has 1 amide bonds. The Bertz CT molecular complexity index is 756. The van der Waals surface area contributed by atoms with Gasteiger partial charge in [-0.2, -0.15) is 0 Å². The molecule has 0 bridgehead atoms. The summed E-state index contributed by atoms with van der Waals surface area (Å²) in [5, 5.41) is 3.48. The number of ether oxygens (including phenoxy) is 1. The summed E-state index contributed by atoms with van der Waals surface area (Å²) < 4.78 is 6.15. The number of rotatable bonds is 7. The number of nitrogens with zero attached hydrogens (tertiary/aromatic N) is 4. The molecule has 176 valence electrons. The van der Waals surface area contributed by atoms with Gasteiger partial charge in [0.2, 0.25) is 5.91 Å². The van der Waals surface area contributed by atoms with Crippen molar-refractivity contribution in [1.82, 2.24) is 20.0 Å². The third kappa shape index (κ3) is 6.01. The van der Waals surface area contributed by atoms with Crippen LogP contribution in [0.5, 0.6) is 0 Å². The molecular weight excluding hydrogens is 402 g/mol. The number of likely N-dealkylation sites (tertiary alicyclic amines) is 2. The minimum atomic E-state index is 0.228. The van der Waals surface area contributed by atoms with Crippen molar-refractivity contribution in [3.05, 3.63) is 35.9 Å². The van der Waals surface area contributed by atoms with Crippen LogP contribution in [-0.2, 0) is 16.1 Å². The summed E-state index contributed by atoms with van der Waals surface area (Å²) in [5.74, 6) is 1.30. The fraction of sp³-hybridized carbons (Fsp3) is 0.680. The number of aliphatic imine (C=N–C) groups is 1. The lowest BCUT2D eigenvalue weighted by atomic mass is 10.1. The SMILES string of the molecule is CCNC(=NCCCN1CCCCCC1=O)N1CC2OCCN(Cc3ccccc3)C2C1. The van der Waals surface area contributed by atoms with Gasteiger partial charge in [0, 0.05) is 58.8 Å². The van der Waals surface area contributed by atoms with E-state index in [1.54, 1.807) is 0 Å². The first-order valence-electron chi connectivity index (χ1n) is 12.4. The van der Waals surface area contributed by atoms with Crippen LogP contribution in [0.25, 0.3) is 0 Å². The van der Waals surface area contributed by atoms with Crippen molar-refractivity contribution < 1.29 is 9.53 Å². The number of hydrogen-bond donors (Lipinski definition) is 1. The first-order chi connectivity index (χ1) is 15.7. The molecule has 3 heterocycles. The molecule has 0 radical (unpaired) electrons. The molecular formula is C25H39N5O2. The Morgan fingerprint density at radius 1 is 1.16 bits per heavy atom. The van der Waals surface area contributed by atoms with Crippen LogP contribution in [-0.4, -0.2) is 91.1 Å². The average molecular weight is 442 g/mol. The van der Waals surface area contributed by atoms with Gasteiger partial charge in [-0.05, 0) is 31.7 Å². The average Bonchev–Trinajstić information content (AvgIpc) is 3.15. The molecule has 2 unspecified atom stereocenters. The highest BCUT2D eigenvalue weighted by molar-refractivity contribution is 5.80.